The standard InChI is InChI=1S/C20H16Cl2N2O4/c1-11-14-5-3-4-6-15(14)20(27)24(11)10-18(25)28-12(2)19(26)23-17-9-13(21)7-8-16(17)22/h3-9,12H,1,10H2,2H3,(H,23,26). The summed E-state index contributed by atoms with van der Waals surface area (Å²) in [6.07, 6.45) is -1.10. The molecule has 1 unspecified atom stereocenters. The lowest BCUT2D eigenvalue weighted by Gasteiger charge is -2.19. The Labute approximate surface area is 171 Å². The average molecular weight is 419 g/mol. The molecule has 8 heteroatoms. The molecular weight excluding hydrogens is 403 g/mol. The molecule has 1 atom stereocenters. The fraction of sp³-hybridized carbons (Fsp3) is 0.150. The van der Waals surface area contributed by atoms with Gasteiger partial charge in [0.25, 0.3) is 11.8 Å². The minimum atomic E-state index is -1.10. The molecule has 0 aromatic heterocycles. The van der Waals surface area contributed by atoms with Gasteiger partial charge in [-0.2, -0.15) is 0 Å². The SMILES string of the molecule is C=C1c2ccccc2C(=O)N1CC(=O)OC(C)C(=O)Nc1cc(Cl)ccc1Cl. The highest BCUT2D eigenvalue weighted by molar-refractivity contribution is 6.35. The van der Waals surface area contributed by atoms with Crippen molar-refractivity contribution in [3.05, 3.63) is 70.2 Å². The van der Waals surface area contributed by atoms with Crippen molar-refractivity contribution >= 4 is 52.4 Å². The molecule has 0 aliphatic carbocycles. The predicted molar refractivity (Wildman–Crippen MR) is 107 cm³/mol. The number of halogens is 2. The highest BCUT2D eigenvalue weighted by Crippen LogP contribution is 2.31. The summed E-state index contributed by atoms with van der Waals surface area (Å²) < 4.78 is 5.15. The Balaban J connectivity index is 1.60. The van der Waals surface area contributed by atoms with Gasteiger partial charge in [-0.05, 0) is 31.2 Å². The minimum Gasteiger partial charge on any atom is -0.451 e. The predicted octanol–water partition coefficient (Wildman–Crippen LogP) is 3.99. The maximum Gasteiger partial charge on any atom is 0.326 e. The smallest absolute Gasteiger partial charge is 0.326 e. The van der Waals surface area contributed by atoms with Crippen molar-refractivity contribution in [2.24, 2.45) is 0 Å². The van der Waals surface area contributed by atoms with E-state index in [9.17, 15) is 14.4 Å². The van der Waals surface area contributed by atoms with E-state index in [1.807, 2.05) is 0 Å². The summed E-state index contributed by atoms with van der Waals surface area (Å²) >= 11 is 11.9. The van der Waals surface area contributed by atoms with Crippen LogP contribution in [0.5, 0.6) is 0 Å². The van der Waals surface area contributed by atoms with Crippen LogP contribution in [0.4, 0.5) is 5.69 Å². The van der Waals surface area contributed by atoms with Crippen LogP contribution in [0.2, 0.25) is 10.0 Å². The zero-order chi connectivity index (χ0) is 20.4. The van der Waals surface area contributed by atoms with Crippen LogP contribution in [0, 0.1) is 0 Å². The normalized spacial score (nSPS) is 13.9. The van der Waals surface area contributed by atoms with Crippen molar-refractivity contribution in [3.8, 4) is 0 Å². The van der Waals surface area contributed by atoms with Crippen molar-refractivity contribution in [2.75, 3.05) is 11.9 Å². The van der Waals surface area contributed by atoms with Gasteiger partial charge in [0.2, 0.25) is 0 Å². The zero-order valence-electron chi connectivity index (χ0n) is 14.9. The van der Waals surface area contributed by atoms with Crippen molar-refractivity contribution in [1.29, 1.82) is 0 Å². The Morgan fingerprint density at radius 3 is 2.54 bits per heavy atom. The zero-order valence-corrected chi connectivity index (χ0v) is 16.4. The third-order valence-electron chi connectivity index (χ3n) is 4.19. The number of esters is 1. The van der Waals surface area contributed by atoms with Gasteiger partial charge >= 0.3 is 5.97 Å². The lowest BCUT2D eigenvalue weighted by atomic mass is 10.1. The molecule has 2 aromatic carbocycles. The number of hydrogen-bond acceptors (Lipinski definition) is 4. The number of nitrogens with zero attached hydrogens (tertiary/aromatic N) is 1. The fourth-order valence-corrected chi connectivity index (χ4v) is 3.08. The van der Waals surface area contributed by atoms with Gasteiger partial charge in [0.15, 0.2) is 6.10 Å². The lowest BCUT2D eigenvalue weighted by Crippen LogP contribution is -2.35. The topological polar surface area (TPSA) is 75.7 Å². The number of hydrogen-bond donors (Lipinski definition) is 1. The molecule has 1 heterocycles. The minimum absolute atomic E-state index is 0.299. The van der Waals surface area contributed by atoms with E-state index >= 15 is 0 Å². The molecule has 3 rings (SSSR count). The van der Waals surface area contributed by atoms with E-state index in [0.717, 1.165) is 0 Å². The third-order valence-corrected chi connectivity index (χ3v) is 4.75. The van der Waals surface area contributed by atoms with Crippen molar-refractivity contribution < 1.29 is 19.1 Å². The Morgan fingerprint density at radius 1 is 1.18 bits per heavy atom. The molecule has 144 valence electrons. The van der Waals surface area contributed by atoms with E-state index in [-0.39, 0.29) is 12.5 Å². The van der Waals surface area contributed by atoms with Gasteiger partial charge in [0, 0.05) is 21.8 Å². The van der Waals surface area contributed by atoms with E-state index in [0.29, 0.717) is 32.6 Å². The van der Waals surface area contributed by atoms with Crippen LogP contribution < -0.4 is 5.32 Å². The highest BCUT2D eigenvalue weighted by atomic mass is 35.5. The molecule has 0 bridgehead atoms. The van der Waals surface area contributed by atoms with Crippen molar-refractivity contribution in [2.45, 2.75) is 13.0 Å². The summed E-state index contributed by atoms with van der Waals surface area (Å²) in [6.45, 7) is 4.93. The first kappa shape index (κ1) is 19.9. The highest BCUT2D eigenvalue weighted by Gasteiger charge is 2.33. The van der Waals surface area contributed by atoms with Crippen LogP contribution in [0.1, 0.15) is 22.8 Å². The number of fused-ring (bicyclic) bond motifs is 1. The summed E-state index contributed by atoms with van der Waals surface area (Å²) in [5.41, 5.74) is 1.87. The first-order valence-corrected chi connectivity index (χ1v) is 9.09. The van der Waals surface area contributed by atoms with Gasteiger partial charge in [0.1, 0.15) is 6.54 Å². The molecule has 6 nitrogen and oxygen atoms in total. The number of carbonyl (C=O) groups is 3. The van der Waals surface area contributed by atoms with Crippen LogP contribution in [0.15, 0.2) is 49.0 Å². The summed E-state index contributed by atoms with van der Waals surface area (Å²) in [5.74, 6) is -1.64. The van der Waals surface area contributed by atoms with E-state index in [1.165, 1.54) is 17.9 Å². The second kappa shape index (κ2) is 8.04. The van der Waals surface area contributed by atoms with Crippen LogP contribution in [0.3, 0.4) is 0 Å². The van der Waals surface area contributed by atoms with Crippen LogP contribution in [-0.2, 0) is 14.3 Å². The van der Waals surface area contributed by atoms with Gasteiger partial charge in [0.05, 0.1) is 10.7 Å². The molecule has 28 heavy (non-hydrogen) atoms. The molecule has 2 amide bonds. The molecule has 0 spiro atoms. The summed E-state index contributed by atoms with van der Waals surface area (Å²) in [6, 6.07) is 11.6. The van der Waals surface area contributed by atoms with E-state index in [2.05, 4.69) is 11.9 Å². The van der Waals surface area contributed by atoms with E-state index < -0.39 is 18.0 Å². The van der Waals surface area contributed by atoms with Crippen molar-refractivity contribution in [1.82, 2.24) is 4.90 Å². The fourth-order valence-electron chi connectivity index (χ4n) is 2.75. The first-order chi connectivity index (χ1) is 13.3. The molecule has 0 saturated heterocycles. The largest absolute Gasteiger partial charge is 0.451 e. The molecule has 1 aliphatic heterocycles. The van der Waals surface area contributed by atoms with Gasteiger partial charge in [-0.3, -0.25) is 19.3 Å². The van der Waals surface area contributed by atoms with Crippen molar-refractivity contribution in [3.63, 3.8) is 0 Å². The number of ether oxygens (including phenoxy) is 1. The molecular formula is C20H16Cl2N2O4. The van der Waals surface area contributed by atoms with Gasteiger partial charge in [-0.25, -0.2) is 0 Å². The average Bonchev–Trinajstić information content (AvgIpc) is 2.90. The Bertz CT molecular complexity index is 955. The number of benzene rings is 2. The first-order valence-electron chi connectivity index (χ1n) is 8.33. The number of rotatable bonds is 5. The van der Waals surface area contributed by atoms with Crippen LogP contribution in [-0.4, -0.2) is 35.3 Å². The van der Waals surface area contributed by atoms with E-state index in [4.69, 9.17) is 27.9 Å². The van der Waals surface area contributed by atoms with E-state index in [1.54, 1.807) is 36.4 Å². The van der Waals surface area contributed by atoms with Crippen LogP contribution in [0.25, 0.3) is 5.70 Å². The summed E-state index contributed by atoms with van der Waals surface area (Å²) in [5, 5.41) is 3.25. The maximum absolute atomic E-state index is 12.4. The maximum atomic E-state index is 12.4. The number of carbonyl (C=O) groups excluding carboxylic acids is 3. The van der Waals surface area contributed by atoms with Gasteiger partial charge < -0.3 is 10.1 Å². The Kier molecular flexibility index (Phi) is 5.72. The number of amides is 2. The van der Waals surface area contributed by atoms with Gasteiger partial charge in [-0.15, -0.1) is 0 Å². The molecule has 0 fully saturated rings. The lowest BCUT2D eigenvalue weighted by molar-refractivity contribution is -0.153. The molecule has 0 radical (unpaired) electrons. The second-order valence-corrected chi connectivity index (χ2v) is 6.97. The second-order valence-electron chi connectivity index (χ2n) is 6.13. The summed E-state index contributed by atoms with van der Waals surface area (Å²) in [4.78, 5) is 38.2. The quantitative estimate of drug-likeness (QED) is 0.744. The molecule has 2 aromatic rings. The molecule has 0 saturated carbocycles. The Hall–Kier alpha value is -2.83. The molecule has 1 aliphatic rings. The summed E-state index contributed by atoms with van der Waals surface area (Å²) in [7, 11) is 0. The Morgan fingerprint density at radius 2 is 1.86 bits per heavy atom. The third kappa shape index (κ3) is 4.03. The monoisotopic (exact) mass is 418 g/mol. The van der Waals surface area contributed by atoms with Gasteiger partial charge in [-0.1, -0.05) is 48.0 Å². The van der Waals surface area contributed by atoms with Crippen LogP contribution >= 0.6 is 23.2 Å². The molecule has 1 N–H and O–H groups in total. The number of nitrogens with one attached hydrogen (secondary N) is 1. The number of anilines is 1.